The second kappa shape index (κ2) is 8.28. The zero-order valence-corrected chi connectivity index (χ0v) is 16.3. The Morgan fingerprint density at radius 3 is 2.42 bits per heavy atom. The highest BCUT2D eigenvalue weighted by atomic mass is 32.1. The summed E-state index contributed by atoms with van der Waals surface area (Å²) in [6.45, 7) is 6.43. The SMILES string of the molecule is Cc1ccc(-c2csc(NC(=O)CCc3ccc(C(C)C)cc3)n2)cc1. The zero-order chi connectivity index (χ0) is 18.5. The minimum absolute atomic E-state index is 0.00254. The molecule has 0 spiro atoms. The van der Waals surface area contributed by atoms with E-state index in [1.165, 1.54) is 28.0 Å². The van der Waals surface area contributed by atoms with Crippen LogP contribution in [0.5, 0.6) is 0 Å². The van der Waals surface area contributed by atoms with Crippen LogP contribution in [0.4, 0.5) is 5.13 Å². The molecule has 0 saturated carbocycles. The summed E-state index contributed by atoms with van der Waals surface area (Å²) >= 11 is 1.46. The third-order valence-corrected chi connectivity index (χ3v) is 5.14. The standard InChI is InChI=1S/C22H24N2OS/c1-15(2)18-11-6-17(7-12-18)8-13-21(25)24-22-23-20(14-26-22)19-9-4-16(3)5-10-19/h4-7,9-12,14-15H,8,13H2,1-3H3,(H,23,24,25). The number of amides is 1. The van der Waals surface area contributed by atoms with Crippen LogP contribution in [0.2, 0.25) is 0 Å². The Balaban J connectivity index is 1.54. The fourth-order valence-electron chi connectivity index (χ4n) is 2.70. The Kier molecular flexibility index (Phi) is 5.84. The number of anilines is 1. The molecule has 0 aliphatic heterocycles. The number of hydrogen-bond donors (Lipinski definition) is 1. The van der Waals surface area contributed by atoms with E-state index >= 15 is 0 Å². The summed E-state index contributed by atoms with van der Waals surface area (Å²) in [4.78, 5) is 16.7. The Morgan fingerprint density at radius 2 is 1.77 bits per heavy atom. The van der Waals surface area contributed by atoms with Crippen LogP contribution in [0.15, 0.2) is 53.9 Å². The van der Waals surface area contributed by atoms with Crippen molar-refractivity contribution in [2.45, 2.75) is 39.5 Å². The Bertz CT molecular complexity index is 864. The molecule has 0 bridgehead atoms. The molecule has 0 radical (unpaired) electrons. The topological polar surface area (TPSA) is 42.0 Å². The molecular weight excluding hydrogens is 340 g/mol. The molecule has 134 valence electrons. The highest BCUT2D eigenvalue weighted by Gasteiger charge is 2.09. The van der Waals surface area contributed by atoms with Gasteiger partial charge in [-0.3, -0.25) is 4.79 Å². The average Bonchev–Trinajstić information content (AvgIpc) is 3.09. The number of nitrogens with one attached hydrogen (secondary N) is 1. The van der Waals surface area contributed by atoms with Crippen molar-refractivity contribution >= 4 is 22.4 Å². The number of thiazole rings is 1. The molecule has 0 saturated heterocycles. The fourth-order valence-corrected chi connectivity index (χ4v) is 3.43. The van der Waals surface area contributed by atoms with E-state index in [2.05, 4.69) is 79.6 Å². The van der Waals surface area contributed by atoms with Gasteiger partial charge in [-0.1, -0.05) is 67.9 Å². The summed E-state index contributed by atoms with van der Waals surface area (Å²) in [5.74, 6) is 0.530. The molecule has 3 rings (SSSR count). The quantitative estimate of drug-likeness (QED) is 0.599. The average molecular weight is 365 g/mol. The lowest BCUT2D eigenvalue weighted by atomic mass is 10.0. The lowest BCUT2D eigenvalue weighted by molar-refractivity contribution is -0.116. The van der Waals surface area contributed by atoms with Gasteiger partial charge < -0.3 is 5.32 Å². The maximum absolute atomic E-state index is 12.2. The van der Waals surface area contributed by atoms with Crippen molar-refractivity contribution in [3.63, 3.8) is 0 Å². The molecule has 0 atom stereocenters. The monoisotopic (exact) mass is 364 g/mol. The summed E-state index contributed by atoms with van der Waals surface area (Å²) in [5, 5.41) is 5.54. The first-order valence-electron chi connectivity index (χ1n) is 8.92. The first-order valence-corrected chi connectivity index (χ1v) is 9.80. The predicted octanol–water partition coefficient (Wildman–Crippen LogP) is 5.81. The van der Waals surface area contributed by atoms with E-state index < -0.39 is 0 Å². The Morgan fingerprint density at radius 1 is 1.08 bits per heavy atom. The van der Waals surface area contributed by atoms with E-state index in [4.69, 9.17) is 0 Å². The predicted molar refractivity (Wildman–Crippen MR) is 110 cm³/mol. The van der Waals surface area contributed by atoms with Crippen LogP contribution in [0.1, 0.15) is 42.9 Å². The van der Waals surface area contributed by atoms with Gasteiger partial charge in [0.15, 0.2) is 5.13 Å². The normalized spacial score (nSPS) is 10.9. The molecule has 0 fully saturated rings. The largest absolute Gasteiger partial charge is 0.302 e. The first-order chi connectivity index (χ1) is 12.5. The number of benzene rings is 2. The van der Waals surface area contributed by atoms with Gasteiger partial charge in [-0.2, -0.15) is 0 Å². The number of hydrogen-bond acceptors (Lipinski definition) is 3. The van der Waals surface area contributed by atoms with Crippen LogP contribution in [0, 0.1) is 6.92 Å². The van der Waals surface area contributed by atoms with Gasteiger partial charge in [-0.25, -0.2) is 4.98 Å². The summed E-state index contributed by atoms with van der Waals surface area (Å²) < 4.78 is 0. The third kappa shape index (κ3) is 4.79. The van der Waals surface area contributed by atoms with Gasteiger partial charge in [0.25, 0.3) is 0 Å². The van der Waals surface area contributed by atoms with E-state index in [0.717, 1.165) is 17.7 Å². The summed E-state index contributed by atoms with van der Waals surface area (Å²) in [5.41, 5.74) is 5.69. The molecule has 1 aromatic heterocycles. The lowest BCUT2D eigenvalue weighted by Gasteiger charge is -2.07. The number of rotatable bonds is 6. The van der Waals surface area contributed by atoms with Gasteiger partial charge in [0.05, 0.1) is 5.69 Å². The first kappa shape index (κ1) is 18.3. The smallest absolute Gasteiger partial charge is 0.226 e. The molecule has 1 amide bonds. The van der Waals surface area contributed by atoms with Gasteiger partial charge in [-0.15, -0.1) is 11.3 Å². The Labute approximate surface area is 159 Å². The van der Waals surface area contributed by atoms with Crippen LogP contribution in [-0.4, -0.2) is 10.9 Å². The molecule has 3 nitrogen and oxygen atoms in total. The van der Waals surface area contributed by atoms with Crippen LogP contribution in [0.3, 0.4) is 0 Å². The summed E-state index contributed by atoms with van der Waals surface area (Å²) in [6, 6.07) is 16.8. The van der Waals surface area contributed by atoms with Crippen LogP contribution in [-0.2, 0) is 11.2 Å². The van der Waals surface area contributed by atoms with Crippen LogP contribution in [0.25, 0.3) is 11.3 Å². The summed E-state index contributed by atoms with van der Waals surface area (Å²) in [7, 11) is 0. The number of carbonyl (C=O) groups is 1. The van der Waals surface area contributed by atoms with Crippen molar-refractivity contribution in [1.29, 1.82) is 0 Å². The van der Waals surface area contributed by atoms with Gasteiger partial charge in [0, 0.05) is 17.4 Å². The molecule has 2 aromatic carbocycles. The van der Waals surface area contributed by atoms with Crippen molar-refractivity contribution in [1.82, 2.24) is 4.98 Å². The fraction of sp³-hybridized carbons (Fsp3) is 0.273. The second-order valence-corrected chi connectivity index (χ2v) is 7.71. The van der Waals surface area contributed by atoms with Gasteiger partial charge in [-0.05, 0) is 30.4 Å². The van der Waals surface area contributed by atoms with E-state index in [9.17, 15) is 4.79 Å². The van der Waals surface area contributed by atoms with Crippen molar-refractivity contribution in [3.05, 3.63) is 70.6 Å². The van der Waals surface area contributed by atoms with E-state index in [-0.39, 0.29) is 5.91 Å². The number of nitrogens with zero attached hydrogens (tertiary/aromatic N) is 1. The number of aromatic nitrogens is 1. The molecule has 1 N–H and O–H groups in total. The maximum Gasteiger partial charge on any atom is 0.226 e. The van der Waals surface area contributed by atoms with Crippen LogP contribution < -0.4 is 5.32 Å². The molecule has 0 unspecified atom stereocenters. The van der Waals surface area contributed by atoms with E-state index in [0.29, 0.717) is 17.5 Å². The minimum Gasteiger partial charge on any atom is -0.302 e. The van der Waals surface area contributed by atoms with Gasteiger partial charge >= 0.3 is 0 Å². The van der Waals surface area contributed by atoms with Crippen molar-refractivity contribution in [2.24, 2.45) is 0 Å². The van der Waals surface area contributed by atoms with Gasteiger partial charge in [0.1, 0.15) is 0 Å². The highest BCUT2D eigenvalue weighted by Crippen LogP contribution is 2.25. The zero-order valence-electron chi connectivity index (χ0n) is 15.5. The number of carbonyl (C=O) groups excluding carboxylic acids is 1. The second-order valence-electron chi connectivity index (χ2n) is 6.85. The molecule has 4 heteroatoms. The van der Waals surface area contributed by atoms with Crippen molar-refractivity contribution in [3.8, 4) is 11.3 Å². The van der Waals surface area contributed by atoms with Gasteiger partial charge in [0.2, 0.25) is 5.91 Å². The van der Waals surface area contributed by atoms with Crippen molar-refractivity contribution < 1.29 is 4.79 Å². The molecule has 0 aliphatic carbocycles. The Hall–Kier alpha value is -2.46. The molecule has 3 aromatic rings. The lowest BCUT2D eigenvalue weighted by Crippen LogP contribution is -2.12. The molecule has 0 aliphatic rings. The maximum atomic E-state index is 12.2. The number of aryl methyl sites for hydroxylation is 2. The third-order valence-electron chi connectivity index (χ3n) is 4.38. The van der Waals surface area contributed by atoms with E-state index in [1.807, 2.05) is 5.38 Å². The highest BCUT2D eigenvalue weighted by molar-refractivity contribution is 7.14. The molecule has 26 heavy (non-hydrogen) atoms. The molecule has 1 heterocycles. The van der Waals surface area contributed by atoms with Crippen molar-refractivity contribution in [2.75, 3.05) is 5.32 Å². The van der Waals surface area contributed by atoms with E-state index in [1.54, 1.807) is 0 Å². The minimum atomic E-state index is 0.00254. The summed E-state index contributed by atoms with van der Waals surface area (Å²) in [6.07, 6.45) is 1.20. The van der Waals surface area contributed by atoms with Crippen LogP contribution >= 0.6 is 11.3 Å². The molecular formula is C22H24N2OS.